The zero-order valence-corrected chi connectivity index (χ0v) is 15.4. The molecule has 1 aliphatic carbocycles. The Morgan fingerprint density at radius 1 is 1.44 bits per heavy atom. The number of aryl methyl sites for hydroxylation is 1. The Morgan fingerprint density at radius 3 is 3.00 bits per heavy atom. The summed E-state index contributed by atoms with van der Waals surface area (Å²) in [6, 6.07) is 7.00. The maximum atomic E-state index is 3.08. The van der Waals surface area contributed by atoms with E-state index < -0.39 is 0 Å². The normalized spacial score (nSPS) is 21.2. The minimum absolute atomic E-state index is 0.0126. The molecule has 0 heterocycles. The van der Waals surface area contributed by atoms with Gasteiger partial charge in [0.05, 0.1) is 0 Å². The molecule has 1 aromatic rings. The van der Waals surface area contributed by atoms with Crippen LogP contribution in [0.5, 0.6) is 0 Å². The lowest BCUT2D eigenvalue weighted by Crippen LogP contribution is -2.20. The van der Waals surface area contributed by atoms with Crippen molar-refractivity contribution < 1.29 is 0 Å². The second-order valence-electron chi connectivity index (χ2n) is 5.16. The minimum Gasteiger partial charge on any atom is -0.109 e. The van der Waals surface area contributed by atoms with Gasteiger partial charge in [-0.2, -0.15) is 0 Å². The van der Waals surface area contributed by atoms with Crippen molar-refractivity contribution in [3.63, 3.8) is 0 Å². The van der Waals surface area contributed by atoms with Gasteiger partial charge in [0.25, 0.3) is 0 Å². The summed E-state index contributed by atoms with van der Waals surface area (Å²) in [5.74, 6) is 0.944. The Balaban J connectivity index is 2.18. The number of fused-ring (bicyclic) bond motifs is 1. The standard InChI is InChI=1S/C14H24P4/c1-2-3-5-11-8-9-12-6-4-7-14(13(12)10-11)18(16)17-15/h4,6-7,11,17H,2-3,5,8-10,15-16H2,1H3. The highest BCUT2D eigenvalue weighted by atomic mass is 32.6. The molecular formula is C14H24P4. The number of benzene rings is 1. The largest absolute Gasteiger partial charge is 0.109 e. The van der Waals surface area contributed by atoms with Crippen molar-refractivity contribution in [2.45, 2.75) is 45.4 Å². The molecule has 0 nitrogen and oxygen atoms in total. The third-order valence-corrected chi connectivity index (χ3v) is 14.1. The fraction of sp³-hybridized carbons (Fsp3) is 0.571. The zero-order chi connectivity index (χ0) is 13.0. The predicted molar refractivity (Wildman–Crippen MR) is 95.8 cm³/mol. The maximum absolute atomic E-state index is 3.08. The quantitative estimate of drug-likeness (QED) is 0.650. The van der Waals surface area contributed by atoms with Gasteiger partial charge in [0.15, 0.2) is 0 Å². The van der Waals surface area contributed by atoms with Crippen molar-refractivity contribution >= 4 is 38.4 Å². The molecule has 0 amide bonds. The van der Waals surface area contributed by atoms with Gasteiger partial charge in [-0.3, -0.25) is 0 Å². The first-order chi connectivity index (χ1) is 8.76. The summed E-state index contributed by atoms with van der Waals surface area (Å²) in [4.78, 5) is 0. The van der Waals surface area contributed by atoms with Gasteiger partial charge >= 0.3 is 0 Å². The summed E-state index contributed by atoms with van der Waals surface area (Å²) >= 11 is 0. The highest BCUT2D eigenvalue weighted by Crippen LogP contribution is 2.65. The van der Waals surface area contributed by atoms with E-state index in [0.717, 1.165) is 13.9 Å². The third-order valence-electron chi connectivity index (χ3n) is 3.93. The van der Waals surface area contributed by atoms with Crippen molar-refractivity contribution in [1.29, 1.82) is 0 Å². The van der Waals surface area contributed by atoms with Crippen LogP contribution in [0.25, 0.3) is 0 Å². The van der Waals surface area contributed by atoms with Crippen LogP contribution in [0, 0.1) is 5.92 Å². The van der Waals surface area contributed by atoms with E-state index >= 15 is 0 Å². The van der Waals surface area contributed by atoms with Crippen LogP contribution in [-0.4, -0.2) is 0 Å². The average molecular weight is 316 g/mol. The van der Waals surface area contributed by atoms with Gasteiger partial charge in [0.2, 0.25) is 0 Å². The Kier molecular flexibility index (Phi) is 6.52. The summed E-state index contributed by atoms with van der Waals surface area (Å²) in [5.41, 5.74) is 3.35. The number of hydrogen-bond donors (Lipinski definition) is 0. The monoisotopic (exact) mass is 316 g/mol. The number of unbranched alkanes of at least 4 members (excludes halogenated alkanes) is 1. The summed E-state index contributed by atoms with van der Waals surface area (Å²) in [6.45, 7) is 2.31. The maximum Gasteiger partial charge on any atom is -0.0123 e. The Bertz CT molecular complexity index is 391. The van der Waals surface area contributed by atoms with E-state index in [4.69, 9.17) is 0 Å². The molecule has 2 rings (SSSR count). The third kappa shape index (κ3) is 3.74. The van der Waals surface area contributed by atoms with Crippen molar-refractivity contribution in [2.75, 3.05) is 0 Å². The van der Waals surface area contributed by atoms with Crippen LogP contribution >= 0.6 is 33.1 Å². The van der Waals surface area contributed by atoms with Crippen molar-refractivity contribution in [1.82, 2.24) is 0 Å². The molecule has 100 valence electrons. The number of rotatable bonds is 5. The second kappa shape index (κ2) is 7.65. The van der Waals surface area contributed by atoms with E-state index in [1.165, 1.54) is 38.5 Å². The zero-order valence-electron chi connectivity index (χ0n) is 11.2. The van der Waals surface area contributed by atoms with Crippen molar-refractivity contribution in [3.8, 4) is 0 Å². The molecule has 0 saturated heterocycles. The lowest BCUT2D eigenvalue weighted by atomic mass is 9.81. The molecule has 18 heavy (non-hydrogen) atoms. The van der Waals surface area contributed by atoms with Gasteiger partial charge in [-0.1, -0.05) is 52.3 Å². The lowest BCUT2D eigenvalue weighted by molar-refractivity contribution is 0.414. The average Bonchev–Trinajstić information content (AvgIpc) is 2.43. The number of hydrogen-bond acceptors (Lipinski definition) is 0. The second-order valence-corrected chi connectivity index (χ2v) is 14.3. The highest BCUT2D eigenvalue weighted by molar-refractivity contribution is 8.63. The van der Waals surface area contributed by atoms with Gasteiger partial charge in [0, 0.05) is 0 Å². The van der Waals surface area contributed by atoms with E-state index in [0.29, 0.717) is 0 Å². The predicted octanol–water partition coefficient (Wildman–Crippen LogP) is 5.26. The van der Waals surface area contributed by atoms with Crippen LogP contribution in [0.2, 0.25) is 0 Å². The summed E-state index contributed by atoms with van der Waals surface area (Å²) < 4.78 is 0. The van der Waals surface area contributed by atoms with Gasteiger partial charge in [-0.25, -0.2) is 0 Å². The molecule has 5 atom stereocenters. The molecule has 0 spiro atoms. The van der Waals surface area contributed by atoms with Crippen LogP contribution in [0.1, 0.15) is 43.7 Å². The van der Waals surface area contributed by atoms with Gasteiger partial charge in [-0.15, -0.1) is 17.9 Å². The van der Waals surface area contributed by atoms with Crippen LogP contribution in [0.4, 0.5) is 0 Å². The molecule has 0 fully saturated rings. The fourth-order valence-electron chi connectivity index (χ4n) is 2.88. The van der Waals surface area contributed by atoms with E-state index in [1.54, 1.807) is 16.4 Å². The molecule has 1 aromatic carbocycles. The molecule has 5 unspecified atom stereocenters. The summed E-state index contributed by atoms with van der Waals surface area (Å²) in [7, 11) is 6.97. The molecule has 0 N–H and O–H groups in total. The topological polar surface area (TPSA) is 0 Å². The molecule has 0 aliphatic heterocycles. The van der Waals surface area contributed by atoms with Crippen LogP contribution < -0.4 is 5.30 Å². The molecule has 1 aliphatic rings. The smallest absolute Gasteiger partial charge is 0.0123 e. The summed E-state index contributed by atoms with van der Waals surface area (Å²) in [6.07, 6.45) is 8.24. The first-order valence-electron chi connectivity index (χ1n) is 6.88. The van der Waals surface area contributed by atoms with Crippen LogP contribution in [-0.2, 0) is 12.8 Å². The summed E-state index contributed by atoms with van der Waals surface area (Å²) in [5, 5.41) is 1.65. The van der Waals surface area contributed by atoms with Gasteiger partial charge < -0.3 is 0 Å². The molecule has 0 radical (unpaired) electrons. The van der Waals surface area contributed by atoms with Crippen LogP contribution in [0.3, 0.4) is 0 Å². The molecule has 0 saturated carbocycles. The first kappa shape index (κ1) is 15.3. The van der Waals surface area contributed by atoms with E-state index in [9.17, 15) is 0 Å². The Labute approximate surface area is 119 Å². The van der Waals surface area contributed by atoms with E-state index in [-0.39, 0.29) is 7.30 Å². The first-order valence-corrected chi connectivity index (χ1v) is 13.5. The Hall–Kier alpha value is 0.940. The van der Waals surface area contributed by atoms with Crippen LogP contribution in [0.15, 0.2) is 18.2 Å². The van der Waals surface area contributed by atoms with E-state index in [1.807, 2.05) is 0 Å². The van der Waals surface area contributed by atoms with Crippen molar-refractivity contribution in [2.24, 2.45) is 5.92 Å². The molecule has 0 bridgehead atoms. The van der Waals surface area contributed by atoms with Crippen molar-refractivity contribution in [3.05, 3.63) is 29.3 Å². The molecule has 4 heteroatoms. The SMILES string of the molecule is CCCCC1CCc2cccc(P(P)PP)c2C1. The van der Waals surface area contributed by atoms with Gasteiger partial charge in [0.1, 0.15) is 0 Å². The molecule has 0 aromatic heterocycles. The lowest BCUT2D eigenvalue weighted by Gasteiger charge is -2.28. The van der Waals surface area contributed by atoms with E-state index in [2.05, 4.69) is 43.0 Å². The highest BCUT2D eigenvalue weighted by Gasteiger charge is 2.21. The molecular weight excluding hydrogens is 292 g/mol. The Morgan fingerprint density at radius 2 is 2.28 bits per heavy atom. The fourth-order valence-corrected chi connectivity index (χ4v) is 6.81. The van der Waals surface area contributed by atoms with Gasteiger partial charge in [-0.05, 0) is 48.9 Å². The minimum atomic E-state index is -0.0126.